The Morgan fingerprint density at radius 1 is 1.20 bits per heavy atom. The van der Waals surface area contributed by atoms with Crippen molar-refractivity contribution in [2.75, 3.05) is 0 Å². The number of hydrogen-bond acceptors (Lipinski definition) is 1. The lowest BCUT2D eigenvalue weighted by Crippen LogP contribution is -2.20. The van der Waals surface area contributed by atoms with Gasteiger partial charge >= 0.3 is 0 Å². The van der Waals surface area contributed by atoms with Crippen LogP contribution in [0.2, 0.25) is 0 Å². The predicted molar refractivity (Wildman–Crippen MR) is 61.7 cm³/mol. The van der Waals surface area contributed by atoms with Crippen LogP contribution in [0.1, 0.15) is 42.4 Å². The third-order valence-electron chi connectivity index (χ3n) is 3.58. The molecule has 15 heavy (non-hydrogen) atoms. The van der Waals surface area contributed by atoms with E-state index in [0.717, 1.165) is 12.8 Å². The van der Waals surface area contributed by atoms with E-state index in [2.05, 4.69) is 38.1 Å². The Morgan fingerprint density at radius 2 is 1.87 bits per heavy atom. The maximum Gasteiger partial charge on any atom is 0.0825 e. The maximum absolute atomic E-state index is 9.44. The summed E-state index contributed by atoms with van der Waals surface area (Å²) < 4.78 is 0. The van der Waals surface area contributed by atoms with Gasteiger partial charge in [-0.25, -0.2) is 0 Å². The minimum absolute atomic E-state index is 0.184. The average Bonchev–Trinajstić information content (AvgIpc) is 2.71. The fourth-order valence-corrected chi connectivity index (χ4v) is 2.67. The number of hydrogen-bond donors (Lipinski definition) is 0. The normalized spacial score (nSPS) is 18.7. The third-order valence-corrected chi connectivity index (χ3v) is 3.58. The van der Waals surface area contributed by atoms with Crippen LogP contribution in [0, 0.1) is 25.2 Å². The van der Waals surface area contributed by atoms with Crippen LogP contribution in [0.15, 0.2) is 18.2 Å². The van der Waals surface area contributed by atoms with Gasteiger partial charge in [0.1, 0.15) is 0 Å². The largest absolute Gasteiger partial charge is 0.197 e. The van der Waals surface area contributed by atoms with Gasteiger partial charge < -0.3 is 0 Å². The standard InChI is InChI=1S/C14H17N/c1-11-5-6-12(2)13(9-11)14(10-15)7-3-4-8-14/h5-6,9H,3-4,7-8H2,1-2H3. The minimum Gasteiger partial charge on any atom is -0.197 e. The predicted octanol–water partition coefficient (Wildman–Crippen LogP) is 3.64. The fourth-order valence-electron chi connectivity index (χ4n) is 2.67. The first-order chi connectivity index (χ1) is 7.18. The molecule has 0 aliphatic heterocycles. The van der Waals surface area contributed by atoms with Gasteiger partial charge in [0.25, 0.3) is 0 Å². The van der Waals surface area contributed by atoms with Crippen molar-refractivity contribution >= 4 is 0 Å². The Bertz CT molecular complexity index is 406. The highest BCUT2D eigenvalue weighted by atomic mass is 14.4. The highest BCUT2D eigenvalue weighted by molar-refractivity contribution is 5.41. The lowest BCUT2D eigenvalue weighted by Gasteiger charge is -2.23. The molecular formula is C14H17N. The highest BCUT2D eigenvalue weighted by Gasteiger charge is 2.36. The molecule has 0 bridgehead atoms. The second kappa shape index (κ2) is 3.70. The molecule has 0 spiro atoms. The molecule has 1 aliphatic rings. The quantitative estimate of drug-likeness (QED) is 0.677. The van der Waals surface area contributed by atoms with Crippen molar-refractivity contribution < 1.29 is 0 Å². The SMILES string of the molecule is Cc1ccc(C)c(C2(C#N)CCCC2)c1. The molecule has 1 fully saturated rings. The van der Waals surface area contributed by atoms with E-state index in [1.165, 1.54) is 29.5 Å². The average molecular weight is 199 g/mol. The van der Waals surface area contributed by atoms with Gasteiger partial charge in [0.2, 0.25) is 0 Å². The van der Waals surface area contributed by atoms with E-state index in [9.17, 15) is 5.26 Å². The van der Waals surface area contributed by atoms with E-state index in [1.54, 1.807) is 0 Å². The molecule has 0 amide bonds. The second-order valence-electron chi connectivity index (χ2n) is 4.72. The summed E-state index contributed by atoms with van der Waals surface area (Å²) >= 11 is 0. The topological polar surface area (TPSA) is 23.8 Å². The zero-order valence-electron chi connectivity index (χ0n) is 9.51. The maximum atomic E-state index is 9.44. The minimum atomic E-state index is -0.184. The Hall–Kier alpha value is -1.29. The summed E-state index contributed by atoms with van der Waals surface area (Å²) in [4.78, 5) is 0. The van der Waals surface area contributed by atoms with E-state index in [0.29, 0.717) is 0 Å². The molecular weight excluding hydrogens is 182 g/mol. The Balaban J connectivity index is 2.52. The Kier molecular flexibility index (Phi) is 2.52. The van der Waals surface area contributed by atoms with Crippen molar-refractivity contribution in [1.82, 2.24) is 0 Å². The van der Waals surface area contributed by atoms with Gasteiger partial charge in [0.15, 0.2) is 0 Å². The third kappa shape index (κ3) is 1.65. The lowest BCUT2D eigenvalue weighted by atomic mass is 9.78. The van der Waals surface area contributed by atoms with Gasteiger partial charge in [0.05, 0.1) is 11.5 Å². The van der Waals surface area contributed by atoms with E-state index >= 15 is 0 Å². The van der Waals surface area contributed by atoms with Crippen molar-refractivity contribution in [2.24, 2.45) is 0 Å². The Morgan fingerprint density at radius 3 is 2.47 bits per heavy atom. The highest BCUT2D eigenvalue weighted by Crippen LogP contribution is 2.41. The molecule has 0 saturated heterocycles. The van der Waals surface area contributed by atoms with Gasteiger partial charge in [-0.2, -0.15) is 5.26 Å². The summed E-state index contributed by atoms with van der Waals surface area (Å²) in [5.41, 5.74) is 3.61. The summed E-state index contributed by atoms with van der Waals surface area (Å²) in [6.07, 6.45) is 4.46. The van der Waals surface area contributed by atoms with Crippen molar-refractivity contribution in [2.45, 2.75) is 44.9 Å². The molecule has 0 radical (unpaired) electrons. The van der Waals surface area contributed by atoms with Crippen molar-refractivity contribution in [3.63, 3.8) is 0 Å². The summed E-state index contributed by atoms with van der Waals surface area (Å²) in [6.45, 7) is 4.22. The summed E-state index contributed by atoms with van der Waals surface area (Å²) in [6, 6.07) is 9.02. The van der Waals surface area contributed by atoms with E-state index in [4.69, 9.17) is 0 Å². The molecule has 1 aromatic carbocycles. The number of nitriles is 1. The molecule has 1 nitrogen and oxygen atoms in total. The summed E-state index contributed by atoms with van der Waals surface area (Å²) in [5, 5.41) is 9.44. The van der Waals surface area contributed by atoms with Gasteiger partial charge in [-0.05, 0) is 37.8 Å². The van der Waals surface area contributed by atoms with Crippen LogP contribution in [-0.4, -0.2) is 0 Å². The molecule has 1 heteroatoms. The molecule has 1 aromatic rings. The molecule has 1 aliphatic carbocycles. The van der Waals surface area contributed by atoms with Gasteiger partial charge in [-0.3, -0.25) is 0 Å². The van der Waals surface area contributed by atoms with Crippen molar-refractivity contribution in [3.8, 4) is 6.07 Å². The van der Waals surface area contributed by atoms with Crippen LogP contribution in [0.3, 0.4) is 0 Å². The van der Waals surface area contributed by atoms with Gasteiger partial charge in [0, 0.05) is 0 Å². The fraction of sp³-hybridized carbons (Fsp3) is 0.500. The van der Waals surface area contributed by atoms with Crippen molar-refractivity contribution in [1.29, 1.82) is 5.26 Å². The van der Waals surface area contributed by atoms with E-state index in [-0.39, 0.29) is 5.41 Å². The lowest BCUT2D eigenvalue weighted by molar-refractivity contribution is 0.569. The first kappa shape index (κ1) is 10.2. The van der Waals surface area contributed by atoms with E-state index < -0.39 is 0 Å². The smallest absolute Gasteiger partial charge is 0.0825 e. The number of rotatable bonds is 1. The molecule has 1 saturated carbocycles. The van der Waals surface area contributed by atoms with Crippen molar-refractivity contribution in [3.05, 3.63) is 34.9 Å². The molecule has 0 N–H and O–H groups in total. The van der Waals surface area contributed by atoms with Crippen LogP contribution in [0.25, 0.3) is 0 Å². The molecule has 0 unspecified atom stereocenters. The Labute approximate surface area is 91.7 Å². The molecule has 78 valence electrons. The van der Waals surface area contributed by atoms with E-state index in [1.807, 2.05) is 0 Å². The summed E-state index contributed by atoms with van der Waals surface area (Å²) in [7, 11) is 0. The molecule has 0 heterocycles. The van der Waals surface area contributed by atoms with Crippen LogP contribution >= 0.6 is 0 Å². The molecule has 0 aromatic heterocycles. The van der Waals surface area contributed by atoms with Gasteiger partial charge in [-0.1, -0.05) is 36.6 Å². The zero-order chi connectivity index (χ0) is 10.9. The number of benzene rings is 1. The van der Waals surface area contributed by atoms with Crippen LogP contribution in [0.4, 0.5) is 0 Å². The van der Waals surface area contributed by atoms with Crippen LogP contribution in [0.5, 0.6) is 0 Å². The summed E-state index contributed by atoms with van der Waals surface area (Å²) in [5.74, 6) is 0. The number of aryl methyl sites for hydroxylation is 2. The van der Waals surface area contributed by atoms with Crippen LogP contribution < -0.4 is 0 Å². The van der Waals surface area contributed by atoms with Crippen LogP contribution in [-0.2, 0) is 5.41 Å². The van der Waals surface area contributed by atoms with Gasteiger partial charge in [-0.15, -0.1) is 0 Å². The first-order valence-corrected chi connectivity index (χ1v) is 5.67. The molecule has 2 rings (SSSR count). The monoisotopic (exact) mass is 199 g/mol. The zero-order valence-corrected chi connectivity index (χ0v) is 9.51. The second-order valence-corrected chi connectivity index (χ2v) is 4.72. The molecule has 0 atom stereocenters. The first-order valence-electron chi connectivity index (χ1n) is 5.67. The number of nitrogens with zero attached hydrogens (tertiary/aromatic N) is 1.